The molecule has 1 heterocycles. The van der Waals surface area contributed by atoms with Crippen molar-refractivity contribution in [2.75, 3.05) is 0 Å². The Labute approximate surface area is 134 Å². The van der Waals surface area contributed by atoms with Crippen molar-refractivity contribution in [2.24, 2.45) is 0 Å². The van der Waals surface area contributed by atoms with E-state index in [9.17, 15) is 19.1 Å². The molecule has 1 fully saturated rings. The van der Waals surface area contributed by atoms with Crippen LogP contribution in [0.5, 0.6) is 0 Å². The first-order valence-corrected chi connectivity index (χ1v) is 7.35. The lowest BCUT2D eigenvalue weighted by molar-refractivity contribution is -0.309. The highest BCUT2D eigenvalue weighted by Gasteiger charge is 2.36. The average molecular weight is 345 g/mol. The Morgan fingerprint density at radius 2 is 2.24 bits per heavy atom. The van der Waals surface area contributed by atoms with Crippen LogP contribution in [0.3, 0.4) is 0 Å². The first-order chi connectivity index (χ1) is 9.82. The van der Waals surface area contributed by atoms with E-state index in [1.807, 2.05) is 0 Å². The maximum absolute atomic E-state index is 13.7. The summed E-state index contributed by atoms with van der Waals surface area (Å²) in [5.74, 6) is -2.61. The monoisotopic (exact) mass is 344 g/mol. The lowest BCUT2D eigenvalue weighted by atomic mass is 10.2. The van der Waals surface area contributed by atoms with Gasteiger partial charge in [-0.05, 0) is 25.1 Å². The Kier molecular flexibility index (Phi) is 4.65. The molecular weight excluding hydrogens is 337 g/mol. The second kappa shape index (κ2) is 6.13. The van der Waals surface area contributed by atoms with Gasteiger partial charge in [0.2, 0.25) is 0 Å². The van der Waals surface area contributed by atoms with Crippen LogP contribution in [-0.2, 0) is 9.59 Å². The molecule has 0 N–H and O–H groups in total. The van der Waals surface area contributed by atoms with E-state index in [1.165, 1.54) is 31.2 Å². The quantitative estimate of drug-likeness (QED) is 0.618. The SMILES string of the molecule is C[C@@H](C(=O)[O-])N1C(=O)/C(=C\c2c(F)cccc2Cl)SC1=S. The van der Waals surface area contributed by atoms with Crippen LogP contribution in [-0.4, -0.2) is 27.1 Å². The molecule has 1 aliphatic heterocycles. The van der Waals surface area contributed by atoms with E-state index in [0.29, 0.717) is 0 Å². The molecule has 0 bridgehead atoms. The second-order valence-corrected chi connectivity index (χ2v) is 6.27. The van der Waals surface area contributed by atoms with Gasteiger partial charge in [0.25, 0.3) is 5.91 Å². The topological polar surface area (TPSA) is 60.4 Å². The van der Waals surface area contributed by atoms with Gasteiger partial charge in [0.15, 0.2) is 0 Å². The predicted molar refractivity (Wildman–Crippen MR) is 80.9 cm³/mol. The zero-order valence-electron chi connectivity index (χ0n) is 10.6. The van der Waals surface area contributed by atoms with Gasteiger partial charge in [0.05, 0.1) is 21.9 Å². The van der Waals surface area contributed by atoms with E-state index in [1.54, 1.807) is 0 Å². The number of benzene rings is 1. The molecule has 0 aromatic heterocycles. The van der Waals surface area contributed by atoms with Crippen molar-refractivity contribution in [2.45, 2.75) is 13.0 Å². The van der Waals surface area contributed by atoms with Crippen LogP contribution in [0, 0.1) is 5.82 Å². The summed E-state index contributed by atoms with van der Waals surface area (Å²) in [5, 5.41) is 11.0. The lowest BCUT2D eigenvalue weighted by Crippen LogP contribution is -2.48. The molecule has 110 valence electrons. The summed E-state index contributed by atoms with van der Waals surface area (Å²) in [5.41, 5.74) is 0.0563. The number of carbonyl (C=O) groups excluding carboxylic acids is 2. The average Bonchev–Trinajstić information content (AvgIpc) is 2.68. The fourth-order valence-electron chi connectivity index (χ4n) is 1.70. The molecule has 0 unspecified atom stereocenters. The third kappa shape index (κ3) is 3.09. The number of nitrogens with zero attached hydrogens (tertiary/aromatic N) is 1. The van der Waals surface area contributed by atoms with Gasteiger partial charge < -0.3 is 9.90 Å². The summed E-state index contributed by atoms with van der Waals surface area (Å²) in [7, 11) is 0. The fourth-order valence-corrected chi connectivity index (χ4v) is 3.32. The largest absolute Gasteiger partial charge is 0.548 e. The molecule has 0 aliphatic carbocycles. The lowest BCUT2D eigenvalue weighted by Gasteiger charge is -2.23. The van der Waals surface area contributed by atoms with Crippen molar-refractivity contribution >= 4 is 57.9 Å². The van der Waals surface area contributed by atoms with Crippen molar-refractivity contribution in [1.29, 1.82) is 0 Å². The molecule has 21 heavy (non-hydrogen) atoms. The van der Waals surface area contributed by atoms with Crippen LogP contribution in [0.2, 0.25) is 5.02 Å². The van der Waals surface area contributed by atoms with Gasteiger partial charge in [0, 0.05) is 5.56 Å². The van der Waals surface area contributed by atoms with Gasteiger partial charge in [-0.2, -0.15) is 0 Å². The van der Waals surface area contributed by atoms with Crippen molar-refractivity contribution in [3.63, 3.8) is 0 Å². The molecule has 1 aromatic rings. The minimum absolute atomic E-state index is 0.0563. The van der Waals surface area contributed by atoms with Crippen LogP contribution in [0.25, 0.3) is 6.08 Å². The van der Waals surface area contributed by atoms with Gasteiger partial charge in [-0.25, -0.2) is 4.39 Å². The maximum Gasteiger partial charge on any atom is 0.266 e. The van der Waals surface area contributed by atoms with Crippen molar-refractivity contribution < 1.29 is 19.1 Å². The summed E-state index contributed by atoms with van der Waals surface area (Å²) in [4.78, 5) is 24.1. The summed E-state index contributed by atoms with van der Waals surface area (Å²) in [6.45, 7) is 1.29. The van der Waals surface area contributed by atoms with Crippen molar-refractivity contribution in [3.8, 4) is 0 Å². The van der Waals surface area contributed by atoms with Gasteiger partial charge in [-0.15, -0.1) is 0 Å². The molecule has 1 aromatic carbocycles. The molecule has 2 rings (SSSR count). The summed E-state index contributed by atoms with van der Waals surface area (Å²) in [6.07, 6.45) is 1.26. The Balaban J connectivity index is 2.39. The number of halogens is 2. The smallest absolute Gasteiger partial charge is 0.266 e. The molecule has 1 amide bonds. The number of thiocarbonyl (C=S) groups is 1. The van der Waals surface area contributed by atoms with Crippen LogP contribution < -0.4 is 5.11 Å². The summed E-state index contributed by atoms with van der Waals surface area (Å²) >= 11 is 11.8. The Bertz CT molecular complexity index is 657. The first-order valence-electron chi connectivity index (χ1n) is 5.75. The molecule has 0 spiro atoms. The first kappa shape index (κ1) is 15.9. The Morgan fingerprint density at radius 3 is 2.81 bits per heavy atom. The number of rotatable bonds is 3. The highest BCUT2D eigenvalue weighted by Crippen LogP contribution is 2.35. The molecule has 0 radical (unpaired) electrons. The number of carbonyl (C=O) groups is 2. The van der Waals surface area contributed by atoms with Crippen LogP contribution in [0.4, 0.5) is 4.39 Å². The number of hydrogen-bond donors (Lipinski definition) is 0. The van der Waals surface area contributed by atoms with E-state index in [0.717, 1.165) is 16.7 Å². The molecule has 0 saturated carbocycles. The van der Waals surface area contributed by atoms with Crippen LogP contribution in [0.15, 0.2) is 23.1 Å². The maximum atomic E-state index is 13.7. The number of amides is 1. The van der Waals surface area contributed by atoms with E-state index in [-0.39, 0.29) is 19.8 Å². The Hall–Kier alpha value is -1.44. The zero-order valence-corrected chi connectivity index (χ0v) is 13.0. The summed E-state index contributed by atoms with van der Waals surface area (Å²) in [6, 6.07) is 2.95. The normalized spacial score (nSPS) is 18.4. The van der Waals surface area contributed by atoms with Gasteiger partial charge in [-0.1, -0.05) is 41.6 Å². The summed E-state index contributed by atoms with van der Waals surface area (Å²) < 4.78 is 13.8. The highest BCUT2D eigenvalue weighted by molar-refractivity contribution is 8.26. The molecular formula is C13H8ClFNO3S2-. The highest BCUT2D eigenvalue weighted by atomic mass is 35.5. The zero-order chi connectivity index (χ0) is 15.7. The molecule has 1 atom stereocenters. The number of carboxylic acid groups (broad SMARTS) is 1. The number of hydrogen-bond acceptors (Lipinski definition) is 5. The van der Waals surface area contributed by atoms with Gasteiger partial charge >= 0.3 is 0 Å². The van der Waals surface area contributed by atoms with Crippen molar-refractivity contribution in [1.82, 2.24) is 4.90 Å². The standard InChI is InChI=1S/C13H9ClFNO3S2/c1-6(12(18)19)16-11(17)10(21-13(16)20)5-7-8(14)3-2-4-9(7)15/h2-6H,1H3,(H,18,19)/p-1/b10-5+/t6-/m0/s1. The van der Waals surface area contributed by atoms with Crippen LogP contribution in [0.1, 0.15) is 12.5 Å². The van der Waals surface area contributed by atoms with E-state index in [2.05, 4.69) is 0 Å². The minimum Gasteiger partial charge on any atom is -0.548 e. The number of aliphatic carboxylic acids is 1. The van der Waals surface area contributed by atoms with Gasteiger partial charge in [-0.3, -0.25) is 9.69 Å². The Morgan fingerprint density at radius 1 is 1.57 bits per heavy atom. The third-order valence-electron chi connectivity index (χ3n) is 2.83. The van der Waals surface area contributed by atoms with E-state index < -0.39 is 23.7 Å². The minimum atomic E-state index is -1.42. The molecule has 1 aliphatic rings. The van der Waals surface area contributed by atoms with Crippen molar-refractivity contribution in [3.05, 3.63) is 39.5 Å². The fraction of sp³-hybridized carbons (Fsp3) is 0.154. The number of thioether (sulfide) groups is 1. The predicted octanol–water partition coefficient (Wildman–Crippen LogP) is 1.82. The molecule has 8 heteroatoms. The number of carboxylic acids is 1. The molecule has 1 saturated heterocycles. The van der Waals surface area contributed by atoms with Gasteiger partial charge in [0.1, 0.15) is 10.1 Å². The van der Waals surface area contributed by atoms with E-state index >= 15 is 0 Å². The second-order valence-electron chi connectivity index (χ2n) is 4.18. The molecule has 4 nitrogen and oxygen atoms in total. The third-order valence-corrected chi connectivity index (χ3v) is 4.49. The van der Waals surface area contributed by atoms with E-state index in [4.69, 9.17) is 23.8 Å². The van der Waals surface area contributed by atoms with Crippen LogP contribution >= 0.6 is 35.6 Å².